The van der Waals surface area contributed by atoms with E-state index in [4.69, 9.17) is 4.74 Å². The van der Waals surface area contributed by atoms with Gasteiger partial charge in [0.05, 0.1) is 10.2 Å². The van der Waals surface area contributed by atoms with Crippen molar-refractivity contribution in [3.63, 3.8) is 0 Å². The van der Waals surface area contributed by atoms with Gasteiger partial charge in [0, 0.05) is 18.0 Å². The fraction of sp³-hybridized carbons (Fsp3) is 0.250. The van der Waals surface area contributed by atoms with Crippen LogP contribution in [0.25, 0.3) is 10.2 Å². The van der Waals surface area contributed by atoms with Gasteiger partial charge in [-0.2, -0.15) is 0 Å². The fourth-order valence-electron chi connectivity index (χ4n) is 3.24. The highest BCUT2D eigenvalue weighted by Gasteiger charge is 2.04. The van der Waals surface area contributed by atoms with Crippen molar-refractivity contribution >= 4 is 32.4 Å². The zero-order chi connectivity index (χ0) is 19.7. The lowest BCUT2D eigenvalue weighted by Crippen LogP contribution is -1.90. The molecule has 4 nitrogen and oxygen atoms in total. The van der Waals surface area contributed by atoms with E-state index in [-0.39, 0.29) is 0 Å². The topological polar surface area (TPSA) is 47.0 Å². The van der Waals surface area contributed by atoms with Crippen molar-refractivity contribution in [3.05, 3.63) is 72.9 Å². The van der Waals surface area contributed by atoms with Crippen LogP contribution in [0.15, 0.2) is 72.9 Å². The Morgan fingerprint density at radius 1 is 0.759 bits per heavy atom. The maximum Gasteiger partial charge on any atom is 0.219 e. The van der Waals surface area contributed by atoms with Gasteiger partial charge in [-0.15, -0.1) is 0 Å². The number of aromatic nitrogens is 2. The molecule has 0 aliphatic heterocycles. The molecule has 5 heteroatoms. The first kappa shape index (κ1) is 19.4. The maximum absolute atomic E-state index is 5.68. The number of nitrogens with one attached hydrogen (secondary N) is 1. The van der Waals surface area contributed by atoms with Gasteiger partial charge in [0.1, 0.15) is 5.75 Å². The molecule has 0 unspecified atom stereocenters. The van der Waals surface area contributed by atoms with Crippen LogP contribution in [0, 0.1) is 0 Å². The lowest BCUT2D eigenvalue weighted by Gasteiger charge is -2.06. The number of ether oxygens (including phenoxy) is 1. The Labute approximate surface area is 175 Å². The van der Waals surface area contributed by atoms with E-state index in [9.17, 15) is 0 Å². The third-order valence-electron chi connectivity index (χ3n) is 4.76. The second kappa shape index (κ2) is 10.0. The predicted molar refractivity (Wildman–Crippen MR) is 121 cm³/mol. The molecule has 1 saturated carbocycles. The minimum absolute atomic E-state index is 0.583. The van der Waals surface area contributed by atoms with Gasteiger partial charge in [-0.05, 0) is 42.5 Å². The van der Waals surface area contributed by atoms with Crippen LogP contribution >= 0.6 is 11.3 Å². The summed E-state index contributed by atoms with van der Waals surface area (Å²) in [6.07, 6.45) is 10.7. The molecule has 0 spiro atoms. The number of hydrogen-bond acceptors (Lipinski definition) is 5. The molecule has 0 atom stereocenters. The molecular formula is C24H25N3OS. The number of anilines is 2. The van der Waals surface area contributed by atoms with E-state index < -0.39 is 0 Å². The average Bonchev–Trinajstić information content (AvgIpc) is 3.20. The molecule has 2 aromatic heterocycles. The number of fused-ring (bicyclic) bond motifs is 1. The minimum atomic E-state index is 0.583. The number of nitrogens with zero attached hydrogens (tertiary/aromatic N) is 2. The van der Waals surface area contributed by atoms with Crippen LogP contribution in [-0.2, 0) is 0 Å². The van der Waals surface area contributed by atoms with Crippen LogP contribution in [0.1, 0.15) is 38.5 Å². The Morgan fingerprint density at radius 2 is 1.45 bits per heavy atom. The Hall–Kier alpha value is -2.92. The van der Waals surface area contributed by atoms with Crippen molar-refractivity contribution in [2.24, 2.45) is 0 Å². The largest absolute Gasteiger partial charge is 0.439 e. The van der Waals surface area contributed by atoms with Gasteiger partial charge >= 0.3 is 0 Å². The summed E-state index contributed by atoms with van der Waals surface area (Å²) in [4.78, 5) is 8.71. The van der Waals surface area contributed by atoms with Gasteiger partial charge in [0.15, 0.2) is 5.13 Å². The van der Waals surface area contributed by atoms with Crippen molar-refractivity contribution in [3.8, 4) is 11.6 Å². The minimum Gasteiger partial charge on any atom is -0.439 e. The van der Waals surface area contributed by atoms with Crippen molar-refractivity contribution < 1.29 is 4.74 Å². The van der Waals surface area contributed by atoms with Crippen LogP contribution < -0.4 is 10.1 Å². The molecule has 4 aromatic rings. The Kier molecular flexibility index (Phi) is 6.71. The Morgan fingerprint density at radius 3 is 2.10 bits per heavy atom. The van der Waals surface area contributed by atoms with Crippen LogP contribution in [0.3, 0.4) is 0 Å². The smallest absolute Gasteiger partial charge is 0.219 e. The highest BCUT2D eigenvalue weighted by atomic mass is 32.1. The van der Waals surface area contributed by atoms with Crippen molar-refractivity contribution in [2.75, 3.05) is 5.32 Å². The predicted octanol–water partition coefficient (Wildman–Crippen LogP) is 7.57. The number of hydrogen-bond donors (Lipinski definition) is 1. The van der Waals surface area contributed by atoms with Gasteiger partial charge in [0.2, 0.25) is 5.88 Å². The molecule has 1 N–H and O–H groups in total. The molecule has 5 rings (SSSR count). The lowest BCUT2D eigenvalue weighted by atomic mass is 10.0. The third-order valence-corrected chi connectivity index (χ3v) is 5.71. The van der Waals surface area contributed by atoms with Gasteiger partial charge < -0.3 is 10.1 Å². The Bertz CT molecular complexity index is 967. The van der Waals surface area contributed by atoms with Gasteiger partial charge in [-0.25, -0.2) is 9.97 Å². The Balaban J connectivity index is 0.000000294. The first-order chi connectivity index (χ1) is 14.4. The van der Waals surface area contributed by atoms with E-state index in [0.29, 0.717) is 5.88 Å². The summed E-state index contributed by atoms with van der Waals surface area (Å²) in [5, 5.41) is 4.20. The number of para-hydroxylation sites is 1. The van der Waals surface area contributed by atoms with Gasteiger partial charge in [-0.1, -0.05) is 68.1 Å². The number of benzene rings is 2. The van der Waals surface area contributed by atoms with Gasteiger partial charge in [0.25, 0.3) is 0 Å². The quantitative estimate of drug-likeness (QED) is 0.382. The molecule has 29 heavy (non-hydrogen) atoms. The van der Waals surface area contributed by atoms with E-state index >= 15 is 0 Å². The van der Waals surface area contributed by atoms with Crippen LogP contribution in [0.2, 0.25) is 0 Å². The van der Waals surface area contributed by atoms with Crippen LogP contribution in [0.5, 0.6) is 11.6 Å². The van der Waals surface area contributed by atoms with Crippen molar-refractivity contribution in [1.29, 1.82) is 0 Å². The SMILES string of the molecule is C1CCCCC1.c1ccc(Oc2ccc(Nc3nc4ccccc4s3)cc2)nc1. The maximum atomic E-state index is 5.68. The summed E-state index contributed by atoms with van der Waals surface area (Å²) in [6.45, 7) is 0. The summed E-state index contributed by atoms with van der Waals surface area (Å²) in [6, 6.07) is 21.4. The average molecular weight is 404 g/mol. The number of pyridine rings is 1. The molecular weight excluding hydrogens is 378 g/mol. The molecule has 1 aliphatic rings. The highest BCUT2D eigenvalue weighted by molar-refractivity contribution is 7.22. The molecule has 0 bridgehead atoms. The van der Waals surface area contributed by atoms with E-state index in [1.807, 2.05) is 60.7 Å². The monoisotopic (exact) mass is 403 g/mol. The van der Waals surface area contributed by atoms with E-state index in [0.717, 1.165) is 22.1 Å². The van der Waals surface area contributed by atoms with Crippen LogP contribution in [-0.4, -0.2) is 9.97 Å². The van der Waals surface area contributed by atoms with Crippen molar-refractivity contribution in [2.45, 2.75) is 38.5 Å². The van der Waals surface area contributed by atoms with E-state index in [1.165, 1.54) is 43.2 Å². The number of thiazole rings is 1. The summed E-state index contributed by atoms with van der Waals surface area (Å²) >= 11 is 1.64. The summed E-state index contributed by atoms with van der Waals surface area (Å²) < 4.78 is 6.85. The highest BCUT2D eigenvalue weighted by Crippen LogP contribution is 2.29. The number of rotatable bonds is 4. The second-order valence-corrected chi connectivity index (χ2v) is 8.06. The molecule has 2 heterocycles. The molecule has 1 fully saturated rings. The van der Waals surface area contributed by atoms with Crippen molar-refractivity contribution in [1.82, 2.24) is 9.97 Å². The first-order valence-corrected chi connectivity index (χ1v) is 11.0. The summed E-state index contributed by atoms with van der Waals surface area (Å²) in [5.74, 6) is 1.33. The zero-order valence-corrected chi connectivity index (χ0v) is 17.2. The van der Waals surface area contributed by atoms with Gasteiger partial charge in [-0.3, -0.25) is 0 Å². The molecule has 2 aromatic carbocycles. The van der Waals surface area contributed by atoms with Crippen LogP contribution in [0.4, 0.5) is 10.8 Å². The standard InChI is InChI=1S/C18H13N3OS.C6H12/c1-2-6-16-15(5-1)21-18(23-16)20-13-8-10-14(11-9-13)22-17-7-3-4-12-19-17;1-2-4-6-5-3-1/h1-12H,(H,20,21);1-6H2. The zero-order valence-electron chi connectivity index (χ0n) is 16.4. The third kappa shape index (κ3) is 5.78. The molecule has 1 aliphatic carbocycles. The first-order valence-electron chi connectivity index (χ1n) is 10.2. The van der Waals surface area contributed by atoms with E-state index in [2.05, 4.69) is 21.4 Å². The second-order valence-electron chi connectivity index (χ2n) is 7.03. The summed E-state index contributed by atoms with van der Waals surface area (Å²) in [7, 11) is 0. The lowest BCUT2D eigenvalue weighted by molar-refractivity contribution is 0.463. The van der Waals surface area contributed by atoms with E-state index in [1.54, 1.807) is 17.5 Å². The molecule has 0 radical (unpaired) electrons. The molecule has 0 amide bonds. The normalized spacial score (nSPS) is 13.4. The fourth-order valence-corrected chi connectivity index (χ4v) is 4.13. The molecule has 0 saturated heterocycles. The summed E-state index contributed by atoms with van der Waals surface area (Å²) in [5.41, 5.74) is 1.98. The molecule has 148 valence electrons.